The van der Waals surface area contributed by atoms with Crippen LogP contribution in [-0.2, 0) is 11.8 Å². The highest BCUT2D eigenvalue weighted by molar-refractivity contribution is 6.01. The van der Waals surface area contributed by atoms with E-state index in [0.717, 1.165) is 11.1 Å². The van der Waals surface area contributed by atoms with Gasteiger partial charge in [-0.1, -0.05) is 60.7 Å². The highest BCUT2D eigenvalue weighted by atomic mass is 19.1. The molecule has 2 heterocycles. The molecule has 0 radical (unpaired) electrons. The largest absolute Gasteiger partial charge is 0.338 e. The van der Waals surface area contributed by atoms with Gasteiger partial charge in [-0.2, -0.15) is 5.10 Å². The molecule has 0 aliphatic carbocycles. The fourth-order valence-corrected chi connectivity index (χ4v) is 4.69. The van der Waals surface area contributed by atoms with Gasteiger partial charge >= 0.3 is 6.03 Å². The summed E-state index contributed by atoms with van der Waals surface area (Å²) in [5.41, 5.74) is 3.00. The van der Waals surface area contributed by atoms with E-state index in [0.29, 0.717) is 5.57 Å². The molecule has 1 aromatic heterocycles. The first kappa shape index (κ1) is 26.4. The maximum Gasteiger partial charge on any atom is 0.319 e. The van der Waals surface area contributed by atoms with Crippen LogP contribution in [0.25, 0.3) is 5.57 Å². The number of urea groups is 1. The van der Waals surface area contributed by atoms with Crippen molar-refractivity contribution in [2.24, 2.45) is 7.05 Å². The van der Waals surface area contributed by atoms with Crippen molar-refractivity contribution in [1.82, 2.24) is 25.7 Å². The third-order valence-corrected chi connectivity index (χ3v) is 6.67. The molecule has 5 rings (SSSR count). The summed E-state index contributed by atoms with van der Waals surface area (Å²) in [5.74, 6) is -2.12. The van der Waals surface area contributed by atoms with Gasteiger partial charge in [-0.05, 0) is 41.0 Å². The first-order chi connectivity index (χ1) is 19.4. The normalized spacial score (nSPS) is 13.6. The molecular weight excluding hydrogens is 511 g/mol. The van der Waals surface area contributed by atoms with E-state index >= 15 is 4.39 Å². The summed E-state index contributed by atoms with van der Waals surface area (Å²) in [4.78, 5) is 38.5. The lowest BCUT2D eigenvalue weighted by Gasteiger charge is -2.28. The average Bonchev–Trinajstić information content (AvgIpc) is 3.40. The van der Waals surface area contributed by atoms with E-state index in [1.165, 1.54) is 29.2 Å². The third kappa shape index (κ3) is 5.75. The zero-order valence-electron chi connectivity index (χ0n) is 21.6. The Balaban J connectivity index is 1.48. The van der Waals surface area contributed by atoms with Crippen molar-refractivity contribution in [3.05, 3.63) is 126 Å². The number of anilines is 1. The van der Waals surface area contributed by atoms with Crippen LogP contribution in [0.3, 0.4) is 0 Å². The molecule has 10 heteroatoms. The van der Waals surface area contributed by atoms with Crippen LogP contribution in [0.1, 0.15) is 33.1 Å². The number of aryl methyl sites for hydroxylation is 1. The maximum absolute atomic E-state index is 15.1. The molecular formula is C30H27FN6O3. The fourth-order valence-electron chi connectivity index (χ4n) is 4.69. The molecule has 1 aliphatic heterocycles. The average molecular weight is 539 g/mol. The molecule has 4 amide bonds. The Morgan fingerprint density at radius 2 is 1.65 bits per heavy atom. The van der Waals surface area contributed by atoms with Gasteiger partial charge in [0, 0.05) is 43.2 Å². The molecule has 1 atom stereocenters. The molecule has 0 spiro atoms. The Hall–Kier alpha value is -5.25. The molecule has 0 saturated carbocycles. The molecule has 0 unspecified atom stereocenters. The minimum absolute atomic E-state index is 0.173. The first-order valence-corrected chi connectivity index (χ1v) is 12.6. The van der Waals surface area contributed by atoms with Crippen molar-refractivity contribution in [3.63, 3.8) is 0 Å². The Bertz CT molecular complexity index is 1530. The summed E-state index contributed by atoms with van der Waals surface area (Å²) in [5, 5.41) is 14.8. The van der Waals surface area contributed by atoms with Gasteiger partial charge in [0.1, 0.15) is 17.6 Å². The van der Waals surface area contributed by atoms with E-state index < -0.39 is 29.6 Å². The summed E-state index contributed by atoms with van der Waals surface area (Å²) in [6, 6.07) is 23.3. The van der Waals surface area contributed by atoms with Gasteiger partial charge in [0.05, 0.1) is 0 Å². The second-order valence-corrected chi connectivity index (χ2v) is 9.27. The zero-order chi connectivity index (χ0) is 28.1. The van der Waals surface area contributed by atoms with Gasteiger partial charge in [-0.3, -0.25) is 14.3 Å². The molecule has 0 bridgehead atoms. The first-order valence-electron chi connectivity index (χ1n) is 12.6. The smallest absolute Gasteiger partial charge is 0.319 e. The highest BCUT2D eigenvalue weighted by Crippen LogP contribution is 2.30. The van der Waals surface area contributed by atoms with E-state index in [4.69, 9.17) is 0 Å². The van der Waals surface area contributed by atoms with E-state index in [1.54, 1.807) is 19.2 Å². The summed E-state index contributed by atoms with van der Waals surface area (Å²) >= 11 is 0. The fraction of sp³-hybridized carbons (Fsp3) is 0.133. The van der Waals surface area contributed by atoms with Crippen LogP contribution in [-0.4, -0.2) is 40.2 Å². The van der Waals surface area contributed by atoms with Gasteiger partial charge in [0.25, 0.3) is 5.91 Å². The maximum atomic E-state index is 15.1. The molecule has 40 heavy (non-hydrogen) atoms. The predicted molar refractivity (Wildman–Crippen MR) is 149 cm³/mol. The van der Waals surface area contributed by atoms with E-state index in [1.807, 2.05) is 60.7 Å². The van der Waals surface area contributed by atoms with Crippen LogP contribution in [0, 0.1) is 5.82 Å². The molecule has 202 valence electrons. The second-order valence-electron chi connectivity index (χ2n) is 9.27. The number of nitrogens with zero attached hydrogens (tertiary/aromatic N) is 2. The Morgan fingerprint density at radius 1 is 0.975 bits per heavy atom. The van der Waals surface area contributed by atoms with Crippen LogP contribution in [0.15, 0.2) is 97.3 Å². The number of halogens is 1. The lowest BCUT2D eigenvalue weighted by Crippen LogP contribution is -2.48. The number of aromatic nitrogens is 2. The third-order valence-electron chi connectivity index (χ3n) is 6.67. The standard InChI is InChI=1S/C30H27FN6O3/c1-37-25(14-15-34-37)28(38)36-27(26(19-8-4-2-5-9-19)20-10-6-3-7-11-20)29(39)35-22-12-13-23(24(31)16-22)21-17-32-30(40)33-18-21/h2-17,26-27H,18H2,1H3,(H,35,39)(H,36,38)(H2,32,33,40)/t27-/m0/s1. The van der Waals surface area contributed by atoms with Crippen molar-refractivity contribution >= 4 is 29.1 Å². The van der Waals surface area contributed by atoms with Crippen LogP contribution in [0.5, 0.6) is 0 Å². The van der Waals surface area contributed by atoms with Crippen molar-refractivity contribution in [1.29, 1.82) is 0 Å². The van der Waals surface area contributed by atoms with Crippen LogP contribution in [0.4, 0.5) is 14.9 Å². The SMILES string of the molecule is Cn1nccc1C(=O)N[C@H](C(=O)Nc1ccc(C2=CNC(=O)NC2)c(F)c1)C(c1ccccc1)c1ccccc1. The van der Waals surface area contributed by atoms with Crippen LogP contribution >= 0.6 is 0 Å². The minimum atomic E-state index is -1.06. The Kier molecular flexibility index (Phi) is 7.68. The lowest BCUT2D eigenvalue weighted by atomic mass is 9.84. The molecule has 1 aliphatic rings. The Labute approximate surface area is 230 Å². The number of benzene rings is 3. The van der Waals surface area contributed by atoms with E-state index in [2.05, 4.69) is 26.4 Å². The Morgan fingerprint density at radius 3 is 2.20 bits per heavy atom. The molecule has 3 aromatic carbocycles. The zero-order valence-corrected chi connectivity index (χ0v) is 21.6. The van der Waals surface area contributed by atoms with E-state index in [9.17, 15) is 14.4 Å². The van der Waals surface area contributed by atoms with Gasteiger partial charge < -0.3 is 21.3 Å². The van der Waals surface area contributed by atoms with Crippen molar-refractivity contribution in [2.75, 3.05) is 11.9 Å². The number of carbonyl (C=O) groups is 3. The molecule has 4 aromatic rings. The summed E-state index contributed by atoms with van der Waals surface area (Å²) in [6.45, 7) is 0.173. The lowest BCUT2D eigenvalue weighted by molar-refractivity contribution is -0.118. The number of hydrogen-bond acceptors (Lipinski definition) is 4. The van der Waals surface area contributed by atoms with Crippen molar-refractivity contribution in [2.45, 2.75) is 12.0 Å². The van der Waals surface area contributed by atoms with Gasteiger partial charge in [0.2, 0.25) is 5.91 Å². The number of nitrogens with one attached hydrogen (secondary N) is 4. The summed E-state index contributed by atoms with van der Waals surface area (Å²) in [6.07, 6.45) is 2.95. The number of amides is 4. The molecule has 4 N–H and O–H groups in total. The minimum Gasteiger partial charge on any atom is -0.338 e. The van der Waals surface area contributed by atoms with Crippen LogP contribution < -0.4 is 21.3 Å². The van der Waals surface area contributed by atoms with Crippen LogP contribution in [0.2, 0.25) is 0 Å². The summed E-state index contributed by atoms with van der Waals surface area (Å²) in [7, 11) is 1.64. The van der Waals surface area contributed by atoms with Crippen molar-refractivity contribution in [3.8, 4) is 0 Å². The number of hydrogen-bond donors (Lipinski definition) is 4. The second kappa shape index (κ2) is 11.6. The van der Waals surface area contributed by atoms with Gasteiger partial charge in [-0.15, -0.1) is 0 Å². The van der Waals surface area contributed by atoms with E-state index in [-0.39, 0.29) is 29.5 Å². The molecule has 0 fully saturated rings. The van der Waals surface area contributed by atoms with Gasteiger partial charge in [-0.25, -0.2) is 9.18 Å². The predicted octanol–water partition coefficient (Wildman–Crippen LogP) is 3.78. The monoisotopic (exact) mass is 538 g/mol. The topological polar surface area (TPSA) is 117 Å². The molecule has 9 nitrogen and oxygen atoms in total. The quantitative estimate of drug-likeness (QED) is 0.273. The summed E-state index contributed by atoms with van der Waals surface area (Å²) < 4.78 is 16.5. The van der Waals surface area contributed by atoms with Crippen molar-refractivity contribution < 1.29 is 18.8 Å². The number of rotatable bonds is 8. The van der Waals surface area contributed by atoms with Gasteiger partial charge in [0.15, 0.2) is 0 Å². The number of carbonyl (C=O) groups excluding carboxylic acids is 3. The molecule has 0 saturated heterocycles. The highest BCUT2D eigenvalue weighted by Gasteiger charge is 2.33.